The maximum Gasteiger partial charge on any atom is 0.412 e. The van der Waals surface area contributed by atoms with Gasteiger partial charge in [-0.25, -0.2) is 19.3 Å². The van der Waals surface area contributed by atoms with E-state index in [4.69, 9.17) is 19.4 Å². The molecule has 196 valence electrons. The Morgan fingerprint density at radius 1 is 1.11 bits per heavy atom. The molecule has 1 N–H and O–H groups in total. The van der Waals surface area contributed by atoms with Crippen LogP contribution < -0.4 is 19.7 Å². The SMILES string of the molecule is COc1ccc(CN2C3CC2CN(c2cnc(-c4cc(OC(=O)NC(C)C)cn5nccc45)cn2)C3)cn1. The van der Waals surface area contributed by atoms with Crippen LogP contribution in [0.1, 0.15) is 25.8 Å². The van der Waals surface area contributed by atoms with Crippen molar-refractivity contribution in [1.82, 2.24) is 34.8 Å². The van der Waals surface area contributed by atoms with Crippen LogP contribution in [0.3, 0.4) is 0 Å². The highest BCUT2D eigenvalue weighted by atomic mass is 16.6. The van der Waals surface area contributed by atoms with Crippen molar-refractivity contribution < 1.29 is 14.3 Å². The predicted molar refractivity (Wildman–Crippen MR) is 141 cm³/mol. The molecule has 2 unspecified atom stereocenters. The number of rotatable bonds is 7. The summed E-state index contributed by atoms with van der Waals surface area (Å²) < 4.78 is 12.3. The first-order valence-corrected chi connectivity index (χ1v) is 12.7. The predicted octanol–water partition coefficient (Wildman–Crippen LogP) is 3.15. The van der Waals surface area contributed by atoms with E-state index in [9.17, 15) is 4.79 Å². The largest absolute Gasteiger partial charge is 0.481 e. The van der Waals surface area contributed by atoms with Crippen molar-refractivity contribution in [2.24, 2.45) is 0 Å². The van der Waals surface area contributed by atoms with E-state index in [1.165, 1.54) is 12.0 Å². The Morgan fingerprint density at radius 3 is 2.63 bits per heavy atom. The van der Waals surface area contributed by atoms with E-state index < -0.39 is 6.09 Å². The Morgan fingerprint density at radius 2 is 1.95 bits per heavy atom. The van der Waals surface area contributed by atoms with Crippen LogP contribution in [-0.4, -0.2) is 73.9 Å². The molecule has 0 spiro atoms. The number of carbonyl (C=O) groups excluding carboxylic acids is 1. The second-order valence-corrected chi connectivity index (χ2v) is 10.0. The molecule has 3 saturated heterocycles. The van der Waals surface area contributed by atoms with Gasteiger partial charge in [0.15, 0.2) is 5.75 Å². The molecule has 1 amide bonds. The number of nitrogens with zero attached hydrogens (tertiary/aromatic N) is 7. The second kappa shape index (κ2) is 9.90. The molecule has 7 heterocycles. The van der Waals surface area contributed by atoms with Crippen LogP contribution in [0.4, 0.5) is 10.6 Å². The number of carbonyl (C=O) groups is 1. The van der Waals surface area contributed by atoms with Gasteiger partial charge in [0.1, 0.15) is 5.82 Å². The van der Waals surface area contributed by atoms with Crippen LogP contribution in [0, 0.1) is 0 Å². The standard InChI is InChI=1S/C27H30N8O3/c1-17(2)32-27(36)38-21-9-22(24-6-7-31-35(24)16-21)23-11-29-25(12-28-23)33-14-19-8-20(15-33)34(19)13-18-4-5-26(37-3)30-10-18/h4-7,9-12,16-17,19-20H,8,13-15H2,1-3H3,(H,32,36). The lowest BCUT2D eigenvalue weighted by molar-refractivity contribution is -0.00879. The summed E-state index contributed by atoms with van der Waals surface area (Å²) in [6.07, 6.45) is 9.55. The van der Waals surface area contributed by atoms with Crippen LogP contribution in [-0.2, 0) is 6.54 Å². The molecule has 3 fully saturated rings. The number of aromatic nitrogens is 5. The molecule has 11 heteroatoms. The number of hydrogen-bond acceptors (Lipinski definition) is 9. The van der Waals surface area contributed by atoms with E-state index in [0.29, 0.717) is 29.4 Å². The third kappa shape index (κ3) is 4.72. The number of piperidine rings is 1. The number of fused-ring (bicyclic) bond motifs is 3. The van der Waals surface area contributed by atoms with E-state index in [-0.39, 0.29) is 6.04 Å². The molecule has 4 aromatic heterocycles. The van der Waals surface area contributed by atoms with Gasteiger partial charge in [0.25, 0.3) is 0 Å². The molecule has 0 radical (unpaired) electrons. The van der Waals surface area contributed by atoms with Gasteiger partial charge in [-0.15, -0.1) is 0 Å². The van der Waals surface area contributed by atoms with Gasteiger partial charge < -0.3 is 19.7 Å². The normalized spacial score (nSPS) is 18.9. The molecule has 11 nitrogen and oxygen atoms in total. The van der Waals surface area contributed by atoms with Crippen LogP contribution in [0.15, 0.2) is 55.2 Å². The summed E-state index contributed by atoms with van der Waals surface area (Å²) in [4.78, 5) is 30.8. The van der Waals surface area contributed by atoms with Crippen molar-refractivity contribution in [3.8, 4) is 22.9 Å². The number of anilines is 1. The van der Waals surface area contributed by atoms with Crippen molar-refractivity contribution in [3.05, 3.63) is 60.8 Å². The van der Waals surface area contributed by atoms with Crippen LogP contribution in [0.2, 0.25) is 0 Å². The number of methoxy groups -OCH3 is 1. The van der Waals surface area contributed by atoms with Gasteiger partial charge in [-0.2, -0.15) is 5.10 Å². The van der Waals surface area contributed by atoms with Crippen molar-refractivity contribution in [3.63, 3.8) is 0 Å². The van der Waals surface area contributed by atoms with E-state index in [1.54, 1.807) is 36.3 Å². The van der Waals surface area contributed by atoms with Crippen LogP contribution in [0.25, 0.3) is 16.8 Å². The molecule has 2 bridgehead atoms. The zero-order valence-corrected chi connectivity index (χ0v) is 21.6. The summed E-state index contributed by atoms with van der Waals surface area (Å²) in [6, 6.07) is 8.62. The van der Waals surface area contributed by atoms with Crippen molar-refractivity contribution in [2.75, 3.05) is 25.1 Å². The zero-order valence-electron chi connectivity index (χ0n) is 21.6. The van der Waals surface area contributed by atoms with E-state index >= 15 is 0 Å². The quantitative estimate of drug-likeness (QED) is 0.398. The molecule has 4 aromatic rings. The lowest BCUT2D eigenvalue weighted by Gasteiger charge is -2.56. The van der Waals surface area contributed by atoms with Crippen LogP contribution in [0.5, 0.6) is 11.6 Å². The monoisotopic (exact) mass is 514 g/mol. The molecule has 0 aliphatic carbocycles. The third-order valence-corrected chi connectivity index (χ3v) is 7.05. The summed E-state index contributed by atoms with van der Waals surface area (Å²) in [5, 5.41) is 7.05. The van der Waals surface area contributed by atoms with Gasteiger partial charge in [0.2, 0.25) is 5.88 Å². The molecule has 38 heavy (non-hydrogen) atoms. The fraction of sp³-hybridized carbons (Fsp3) is 0.370. The summed E-state index contributed by atoms with van der Waals surface area (Å²) in [6.45, 7) is 6.47. The molecule has 3 aliphatic rings. The third-order valence-electron chi connectivity index (χ3n) is 7.05. The van der Waals surface area contributed by atoms with Gasteiger partial charge in [-0.1, -0.05) is 6.07 Å². The van der Waals surface area contributed by atoms with Crippen molar-refractivity contribution in [2.45, 2.75) is 44.9 Å². The Bertz CT molecular complexity index is 1430. The zero-order chi connectivity index (χ0) is 26.2. The smallest absolute Gasteiger partial charge is 0.412 e. The van der Waals surface area contributed by atoms with Crippen molar-refractivity contribution in [1.29, 1.82) is 0 Å². The molecule has 0 saturated carbocycles. The Labute approximate surface area is 220 Å². The molecular weight excluding hydrogens is 484 g/mol. The molecule has 7 rings (SSSR count). The number of amides is 1. The number of ether oxygens (including phenoxy) is 2. The van der Waals surface area contributed by atoms with E-state index in [2.05, 4.69) is 31.3 Å². The Hall–Kier alpha value is -4.25. The molecule has 0 aromatic carbocycles. The number of nitrogens with one attached hydrogen (secondary N) is 1. The average Bonchev–Trinajstić information content (AvgIpc) is 3.40. The lowest BCUT2D eigenvalue weighted by Crippen LogP contribution is -2.68. The summed E-state index contributed by atoms with van der Waals surface area (Å²) in [5.74, 6) is 1.88. The van der Waals surface area contributed by atoms with Gasteiger partial charge in [0.05, 0.1) is 43.1 Å². The number of hydrogen-bond donors (Lipinski definition) is 1. The van der Waals surface area contributed by atoms with Gasteiger partial charge in [-0.05, 0) is 38.0 Å². The minimum absolute atomic E-state index is 0.0267. The first-order chi connectivity index (χ1) is 18.5. The van der Waals surface area contributed by atoms with Crippen LogP contribution >= 0.6 is 0 Å². The minimum Gasteiger partial charge on any atom is -0.481 e. The second-order valence-electron chi connectivity index (χ2n) is 10.0. The Balaban J connectivity index is 1.15. The lowest BCUT2D eigenvalue weighted by atomic mass is 9.87. The number of pyridine rings is 2. The topological polar surface area (TPSA) is 110 Å². The Kier molecular flexibility index (Phi) is 6.28. The highest BCUT2D eigenvalue weighted by Gasteiger charge is 2.44. The first kappa shape index (κ1) is 24.1. The summed E-state index contributed by atoms with van der Waals surface area (Å²) in [7, 11) is 1.63. The van der Waals surface area contributed by atoms with E-state index in [0.717, 1.165) is 36.5 Å². The molecule has 2 atom stereocenters. The molecule has 3 aliphatic heterocycles. The fourth-order valence-corrected chi connectivity index (χ4v) is 5.23. The summed E-state index contributed by atoms with van der Waals surface area (Å²) in [5.41, 5.74) is 3.52. The minimum atomic E-state index is -0.514. The van der Waals surface area contributed by atoms with E-state index in [1.807, 2.05) is 38.4 Å². The maximum atomic E-state index is 12.1. The maximum absolute atomic E-state index is 12.1. The highest BCUT2D eigenvalue weighted by Crippen LogP contribution is 2.36. The van der Waals surface area contributed by atoms with Gasteiger partial charge in [-0.3, -0.25) is 9.88 Å². The number of piperazine rings is 1. The first-order valence-electron chi connectivity index (χ1n) is 12.7. The van der Waals surface area contributed by atoms with Gasteiger partial charge in [0, 0.05) is 55.6 Å². The molecular formula is C27H30N8O3. The highest BCUT2D eigenvalue weighted by molar-refractivity contribution is 5.80. The summed E-state index contributed by atoms with van der Waals surface area (Å²) >= 11 is 0. The fourth-order valence-electron chi connectivity index (χ4n) is 5.23. The average molecular weight is 515 g/mol. The van der Waals surface area contributed by atoms with Crippen molar-refractivity contribution >= 4 is 17.4 Å². The van der Waals surface area contributed by atoms with Gasteiger partial charge >= 0.3 is 6.09 Å².